The first-order valence-electron chi connectivity index (χ1n) is 10.3. The van der Waals surface area contributed by atoms with Crippen molar-refractivity contribution in [2.75, 3.05) is 6.54 Å². The van der Waals surface area contributed by atoms with Gasteiger partial charge in [0.2, 0.25) is 0 Å². The molecule has 0 N–H and O–H groups in total. The number of pyridine rings is 1. The van der Waals surface area contributed by atoms with E-state index in [1.807, 2.05) is 35.0 Å². The van der Waals surface area contributed by atoms with Gasteiger partial charge >= 0.3 is 0 Å². The van der Waals surface area contributed by atoms with Gasteiger partial charge in [-0.2, -0.15) is 0 Å². The summed E-state index contributed by atoms with van der Waals surface area (Å²) in [6.07, 6.45) is 1.85. The summed E-state index contributed by atoms with van der Waals surface area (Å²) in [5, 5.41) is 1.22. The number of thiazole rings is 1. The summed E-state index contributed by atoms with van der Waals surface area (Å²) in [6, 6.07) is 13.1. The first-order valence-corrected chi connectivity index (χ1v) is 11.1. The molecule has 0 saturated carbocycles. The highest BCUT2D eigenvalue weighted by atomic mass is 32.1. The maximum atomic E-state index is 14.0. The van der Waals surface area contributed by atoms with Crippen LogP contribution in [0.3, 0.4) is 0 Å². The standard InChI is InChI=1S/C24H26FN3OS/c1-15(2)28(16(3)4)12-11-27-14-19(23(29)18-10-9-17(25)13-21(18)27)24-26-20-7-5-6-8-22(20)30-24/h5-10,13-16H,11-12H2,1-4H3. The Bertz CT molecular complexity index is 1220. The molecule has 0 aliphatic carbocycles. The summed E-state index contributed by atoms with van der Waals surface area (Å²) in [7, 11) is 0. The zero-order chi connectivity index (χ0) is 21.4. The van der Waals surface area contributed by atoms with E-state index >= 15 is 0 Å². The molecule has 2 heterocycles. The maximum Gasteiger partial charge on any atom is 0.199 e. The van der Waals surface area contributed by atoms with Crippen molar-refractivity contribution in [1.29, 1.82) is 0 Å². The van der Waals surface area contributed by atoms with E-state index in [9.17, 15) is 9.18 Å². The lowest BCUT2D eigenvalue weighted by molar-refractivity contribution is 0.169. The first-order chi connectivity index (χ1) is 14.3. The number of benzene rings is 2. The molecule has 156 valence electrons. The fraction of sp³-hybridized carbons (Fsp3) is 0.333. The van der Waals surface area contributed by atoms with Crippen LogP contribution in [-0.2, 0) is 6.54 Å². The van der Waals surface area contributed by atoms with Gasteiger partial charge in [0, 0.05) is 36.8 Å². The lowest BCUT2D eigenvalue weighted by Crippen LogP contribution is -2.39. The van der Waals surface area contributed by atoms with Crippen LogP contribution in [0.15, 0.2) is 53.5 Å². The largest absolute Gasteiger partial charge is 0.345 e. The maximum absolute atomic E-state index is 14.0. The van der Waals surface area contributed by atoms with Crippen molar-refractivity contribution in [3.8, 4) is 10.6 Å². The number of hydrogen-bond donors (Lipinski definition) is 0. The Labute approximate surface area is 179 Å². The van der Waals surface area contributed by atoms with Gasteiger partial charge < -0.3 is 4.57 Å². The van der Waals surface area contributed by atoms with Crippen molar-refractivity contribution < 1.29 is 4.39 Å². The van der Waals surface area contributed by atoms with E-state index in [1.165, 1.54) is 23.5 Å². The van der Waals surface area contributed by atoms with Gasteiger partial charge in [0.15, 0.2) is 5.43 Å². The van der Waals surface area contributed by atoms with E-state index < -0.39 is 0 Å². The average molecular weight is 424 g/mol. The molecule has 0 bridgehead atoms. The third-order valence-corrected chi connectivity index (χ3v) is 6.56. The minimum atomic E-state index is -0.340. The number of nitrogens with zero attached hydrogens (tertiary/aromatic N) is 3. The Morgan fingerprint density at radius 2 is 1.83 bits per heavy atom. The van der Waals surface area contributed by atoms with Crippen molar-refractivity contribution in [2.45, 2.75) is 46.3 Å². The van der Waals surface area contributed by atoms with E-state index in [4.69, 9.17) is 0 Å². The molecule has 0 atom stereocenters. The zero-order valence-corrected chi connectivity index (χ0v) is 18.5. The molecule has 4 rings (SSSR count). The third-order valence-electron chi connectivity index (χ3n) is 5.49. The normalized spacial score (nSPS) is 12.1. The quantitative estimate of drug-likeness (QED) is 0.409. The lowest BCUT2D eigenvalue weighted by Gasteiger charge is -2.31. The molecular weight excluding hydrogens is 397 g/mol. The van der Waals surface area contributed by atoms with Crippen LogP contribution in [0.5, 0.6) is 0 Å². The lowest BCUT2D eigenvalue weighted by atomic mass is 10.1. The predicted molar refractivity (Wildman–Crippen MR) is 124 cm³/mol. The van der Waals surface area contributed by atoms with Gasteiger partial charge in [-0.1, -0.05) is 12.1 Å². The molecule has 0 radical (unpaired) electrons. The Morgan fingerprint density at radius 3 is 2.53 bits per heavy atom. The highest BCUT2D eigenvalue weighted by Crippen LogP contribution is 2.29. The number of aromatic nitrogens is 2. The Morgan fingerprint density at radius 1 is 1.10 bits per heavy atom. The van der Waals surface area contributed by atoms with Crippen LogP contribution in [0.4, 0.5) is 4.39 Å². The smallest absolute Gasteiger partial charge is 0.199 e. The zero-order valence-electron chi connectivity index (χ0n) is 17.7. The van der Waals surface area contributed by atoms with E-state index in [1.54, 1.807) is 6.07 Å². The second-order valence-corrected chi connectivity index (χ2v) is 9.17. The fourth-order valence-electron chi connectivity index (χ4n) is 4.02. The molecule has 2 aromatic heterocycles. The second kappa shape index (κ2) is 8.28. The number of fused-ring (bicyclic) bond motifs is 2. The molecular formula is C24H26FN3OS. The Balaban J connectivity index is 1.85. The van der Waals surface area contributed by atoms with Gasteiger partial charge in [0.25, 0.3) is 0 Å². The molecule has 6 heteroatoms. The first kappa shape index (κ1) is 20.7. The molecule has 0 spiro atoms. The number of hydrogen-bond acceptors (Lipinski definition) is 4. The van der Waals surface area contributed by atoms with Gasteiger partial charge in [0.1, 0.15) is 10.8 Å². The SMILES string of the molecule is CC(C)N(CCn1cc(-c2nc3ccccc3s2)c(=O)c2ccc(F)cc21)C(C)C. The second-order valence-electron chi connectivity index (χ2n) is 8.14. The summed E-state index contributed by atoms with van der Waals surface area (Å²) in [6.45, 7) is 10.2. The number of rotatable bonds is 6. The molecule has 2 aromatic carbocycles. The minimum absolute atomic E-state index is 0.107. The topological polar surface area (TPSA) is 38.1 Å². The fourth-order valence-corrected chi connectivity index (χ4v) is 5.00. The molecule has 30 heavy (non-hydrogen) atoms. The summed E-state index contributed by atoms with van der Waals surface area (Å²) >= 11 is 1.51. The van der Waals surface area contributed by atoms with Crippen LogP contribution in [0.1, 0.15) is 27.7 Å². The molecule has 4 aromatic rings. The average Bonchev–Trinajstić information content (AvgIpc) is 3.13. The molecule has 0 saturated heterocycles. The van der Waals surface area contributed by atoms with E-state index in [0.717, 1.165) is 16.8 Å². The third kappa shape index (κ3) is 3.89. The summed E-state index contributed by atoms with van der Waals surface area (Å²) < 4.78 is 17.1. The highest BCUT2D eigenvalue weighted by Gasteiger charge is 2.17. The molecule has 0 aliphatic heterocycles. The number of para-hydroxylation sites is 1. The van der Waals surface area contributed by atoms with Gasteiger partial charge in [-0.05, 0) is 58.0 Å². The molecule has 0 aliphatic rings. The Hall–Kier alpha value is -2.57. The van der Waals surface area contributed by atoms with Crippen molar-refractivity contribution in [3.05, 3.63) is 64.7 Å². The van der Waals surface area contributed by atoms with Crippen LogP contribution in [0, 0.1) is 5.82 Å². The van der Waals surface area contributed by atoms with Gasteiger partial charge in [-0.15, -0.1) is 11.3 Å². The van der Waals surface area contributed by atoms with Crippen LogP contribution >= 0.6 is 11.3 Å². The highest BCUT2D eigenvalue weighted by molar-refractivity contribution is 7.21. The molecule has 4 nitrogen and oxygen atoms in total. The van der Waals surface area contributed by atoms with Crippen molar-refractivity contribution >= 4 is 32.5 Å². The predicted octanol–water partition coefficient (Wildman–Crippen LogP) is 5.54. The molecule has 0 fully saturated rings. The monoisotopic (exact) mass is 423 g/mol. The summed E-state index contributed by atoms with van der Waals surface area (Å²) in [4.78, 5) is 20.3. The van der Waals surface area contributed by atoms with Crippen LogP contribution in [0.2, 0.25) is 0 Å². The van der Waals surface area contributed by atoms with Crippen LogP contribution < -0.4 is 5.43 Å². The van der Waals surface area contributed by atoms with Crippen molar-refractivity contribution in [3.63, 3.8) is 0 Å². The molecule has 0 unspecified atom stereocenters. The van der Waals surface area contributed by atoms with Crippen LogP contribution in [0.25, 0.3) is 31.7 Å². The van der Waals surface area contributed by atoms with E-state index in [0.29, 0.717) is 40.1 Å². The minimum Gasteiger partial charge on any atom is -0.345 e. The molecule has 0 amide bonds. The Kier molecular flexibility index (Phi) is 5.71. The van der Waals surface area contributed by atoms with Gasteiger partial charge in [0.05, 0.1) is 21.3 Å². The van der Waals surface area contributed by atoms with Crippen LogP contribution in [-0.4, -0.2) is 33.1 Å². The van der Waals surface area contributed by atoms with Gasteiger partial charge in [-0.25, -0.2) is 9.37 Å². The number of halogens is 1. The van der Waals surface area contributed by atoms with E-state index in [-0.39, 0.29) is 11.2 Å². The van der Waals surface area contributed by atoms with Crippen molar-refractivity contribution in [2.24, 2.45) is 0 Å². The van der Waals surface area contributed by atoms with Crippen molar-refractivity contribution in [1.82, 2.24) is 14.5 Å². The summed E-state index contributed by atoms with van der Waals surface area (Å²) in [5.41, 5.74) is 1.96. The van der Waals surface area contributed by atoms with Gasteiger partial charge in [-0.3, -0.25) is 9.69 Å². The summed E-state index contributed by atoms with van der Waals surface area (Å²) in [5.74, 6) is -0.340. The van der Waals surface area contributed by atoms with E-state index in [2.05, 4.69) is 37.6 Å².